The normalized spacial score (nSPS) is 12.2. The van der Waals surface area contributed by atoms with E-state index >= 15 is 0 Å². The molecule has 9 heteroatoms. The summed E-state index contributed by atoms with van der Waals surface area (Å²) in [7, 11) is 0.777. The Labute approximate surface area is 115 Å². The molecular formula is C12H10F6O3. The fourth-order valence-corrected chi connectivity index (χ4v) is 1.60. The van der Waals surface area contributed by atoms with Gasteiger partial charge in [0.1, 0.15) is 11.3 Å². The molecule has 0 unspecified atom stereocenters. The van der Waals surface area contributed by atoms with E-state index in [1.807, 2.05) is 0 Å². The largest absolute Gasteiger partial charge is 0.496 e. The predicted molar refractivity (Wildman–Crippen MR) is 59.0 cm³/mol. The van der Waals surface area contributed by atoms with Gasteiger partial charge >= 0.3 is 18.3 Å². The number of alkyl halides is 6. The monoisotopic (exact) mass is 316 g/mol. The molecule has 0 bridgehead atoms. The number of hydrogen-bond acceptors (Lipinski definition) is 3. The van der Waals surface area contributed by atoms with Crippen molar-refractivity contribution < 1.29 is 40.6 Å². The maximum atomic E-state index is 13.0. The summed E-state index contributed by atoms with van der Waals surface area (Å²) in [5.41, 5.74) is -4.28. The molecule has 1 rings (SSSR count). The highest BCUT2D eigenvalue weighted by atomic mass is 19.4. The molecular weight excluding hydrogens is 306 g/mol. The number of carbonyl (C=O) groups is 1. The van der Waals surface area contributed by atoms with E-state index in [9.17, 15) is 31.1 Å². The summed E-state index contributed by atoms with van der Waals surface area (Å²) < 4.78 is 85.6. The van der Waals surface area contributed by atoms with Crippen LogP contribution in [0.15, 0.2) is 12.1 Å². The van der Waals surface area contributed by atoms with E-state index in [1.165, 1.54) is 6.92 Å². The van der Waals surface area contributed by atoms with Gasteiger partial charge in [-0.05, 0) is 19.1 Å². The minimum atomic E-state index is -5.07. The Hall–Kier alpha value is -1.93. The quantitative estimate of drug-likeness (QED) is 0.626. The molecule has 118 valence electrons. The highest BCUT2D eigenvalue weighted by Gasteiger charge is 2.42. The van der Waals surface area contributed by atoms with Crippen molar-refractivity contribution in [2.75, 3.05) is 13.7 Å². The first-order valence-electron chi connectivity index (χ1n) is 5.55. The topological polar surface area (TPSA) is 35.5 Å². The summed E-state index contributed by atoms with van der Waals surface area (Å²) in [6.07, 6.45) is -10.0. The average molecular weight is 316 g/mol. The maximum Gasteiger partial charge on any atom is 0.420 e. The van der Waals surface area contributed by atoms with Gasteiger partial charge in [0.15, 0.2) is 0 Å². The highest BCUT2D eigenvalue weighted by Crippen LogP contribution is 2.42. The summed E-state index contributed by atoms with van der Waals surface area (Å²) in [4.78, 5) is 11.5. The minimum absolute atomic E-state index is 0.101. The minimum Gasteiger partial charge on any atom is -0.496 e. The molecule has 0 aromatic heterocycles. The summed E-state index contributed by atoms with van der Waals surface area (Å²) in [6.45, 7) is 1.03. The van der Waals surface area contributed by atoms with Gasteiger partial charge < -0.3 is 9.47 Å². The number of carbonyl (C=O) groups excluding carboxylic acids is 1. The molecule has 0 atom stereocenters. The van der Waals surface area contributed by atoms with Crippen LogP contribution in [0.4, 0.5) is 26.3 Å². The molecule has 0 saturated carbocycles. The second-order valence-electron chi connectivity index (χ2n) is 3.82. The average Bonchev–Trinajstić information content (AvgIpc) is 2.35. The Balaban J connectivity index is 3.65. The lowest BCUT2D eigenvalue weighted by atomic mass is 10.0. The van der Waals surface area contributed by atoms with Gasteiger partial charge in [-0.3, -0.25) is 0 Å². The molecule has 0 aliphatic rings. The second kappa shape index (κ2) is 5.82. The number of esters is 1. The van der Waals surface area contributed by atoms with Crippen LogP contribution in [0.3, 0.4) is 0 Å². The molecule has 0 aliphatic heterocycles. The molecule has 1 aromatic rings. The van der Waals surface area contributed by atoms with Gasteiger partial charge in [-0.1, -0.05) is 0 Å². The van der Waals surface area contributed by atoms with E-state index in [-0.39, 0.29) is 18.7 Å². The van der Waals surface area contributed by atoms with E-state index in [1.54, 1.807) is 0 Å². The number of halogens is 6. The summed E-state index contributed by atoms with van der Waals surface area (Å²) in [6, 6.07) is 0.287. The number of rotatable bonds is 3. The van der Waals surface area contributed by atoms with Crippen LogP contribution < -0.4 is 4.74 Å². The predicted octanol–water partition coefficient (Wildman–Crippen LogP) is 3.91. The highest BCUT2D eigenvalue weighted by molar-refractivity contribution is 5.92. The van der Waals surface area contributed by atoms with Gasteiger partial charge in [0.2, 0.25) is 0 Å². The number of methoxy groups -OCH3 is 1. The molecule has 3 nitrogen and oxygen atoms in total. The molecule has 0 heterocycles. The Kier molecular flexibility index (Phi) is 4.75. The lowest BCUT2D eigenvalue weighted by Crippen LogP contribution is -2.19. The van der Waals surface area contributed by atoms with Gasteiger partial charge in [0.05, 0.1) is 24.8 Å². The molecule has 0 saturated heterocycles. The van der Waals surface area contributed by atoms with Crippen LogP contribution in [0.5, 0.6) is 5.75 Å². The lowest BCUT2D eigenvalue weighted by Gasteiger charge is -2.18. The van der Waals surface area contributed by atoms with Gasteiger partial charge in [-0.2, -0.15) is 26.3 Å². The third-order valence-electron chi connectivity index (χ3n) is 2.43. The van der Waals surface area contributed by atoms with Crippen molar-refractivity contribution in [2.45, 2.75) is 19.3 Å². The van der Waals surface area contributed by atoms with Crippen LogP contribution >= 0.6 is 0 Å². The summed E-state index contributed by atoms with van der Waals surface area (Å²) in [5, 5.41) is 0. The molecule has 0 spiro atoms. The van der Waals surface area contributed by atoms with Crippen molar-refractivity contribution in [3.05, 3.63) is 28.8 Å². The van der Waals surface area contributed by atoms with Crippen LogP contribution in [-0.2, 0) is 17.1 Å². The SMILES string of the molecule is CCOC(=O)c1cc(C(F)(F)F)cc(OC)c1C(F)(F)F. The van der Waals surface area contributed by atoms with E-state index in [2.05, 4.69) is 9.47 Å². The molecule has 0 fully saturated rings. The van der Waals surface area contributed by atoms with E-state index < -0.39 is 40.8 Å². The van der Waals surface area contributed by atoms with Crippen molar-refractivity contribution in [3.63, 3.8) is 0 Å². The van der Waals surface area contributed by atoms with Crippen molar-refractivity contribution in [1.82, 2.24) is 0 Å². The molecule has 1 aromatic carbocycles. The zero-order valence-corrected chi connectivity index (χ0v) is 10.9. The van der Waals surface area contributed by atoms with Crippen molar-refractivity contribution >= 4 is 5.97 Å². The second-order valence-corrected chi connectivity index (χ2v) is 3.82. The van der Waals surface area contributed by atoms with E-state index in [0.717, 1.165) is 7.11 Å². The zero-order chi connectivity index (χ0) is 16.4. The summed E-state index contributed by atoms with van der Waals surface area (Å²) >= 11 is 0. The van der Waals surface area contributed by atoms with Crippen LogP contribution in [-0.4, -0.2) is 19.7 Å². The molecule has 0 aliphatic carbocycles. The fourth-order valence-electron chi connectivity index (χ4n) is 1.60. The van der Waals surface area contributed by atoms with Gasteiger partial charge in [0, 0.05) is 0 Å². The number of ether oxygens (including phenoxy) is 2. The van der Waals surface area contributed by atoms with E-state index in [0.29, 0.717) is 0 Å². The first-order chi connectivity index (χ1) is 9.52. The molecule has 0 amide bonds. The summed E-state index contributed by atoms with van der Waals surface area (Å²) in [5.74, 6) is -2.60. The Morgan fingerprint density at radius 1 is 1.10 bits per heavy atom. The standard InChI is InChI=1S/C12H10F6O3/c1-3-21-10(19)7-4-6(11(13,14)15)5-8(20-2)9(7)12(16,17)18/h4-5H,3H2,1-2H3. The Morgan fingerprint density at radius 2 is 1.67 bits per heavy atom. The first kappa shape index (κ1) is 17.1. The van der Waals surface area contributed by atoms with E-state index in [4.69, 9.17) is 0 Å². The van der Waals surface area contributed by atoms with Crippen LogP contribution in [0.1, 0.15) is 28.4 Å². The first-order valence-corrected chi connectivity index (χ1v) is 5.55. The molecule has 21 heavy (non-hydrogen) atoms. The fraction of sp³-hybridized carbons (Fsp3) is 0.417. The van der Waals surface area contributed by atoms with Gasteiger partial charge in [-0.25, -0.2) is 4.79 Å². The van der Waals surface area contributed by atoms with Crippen molar-refractivity contribution in [3.8, 4) is 5.75 Å². The van der Waals surface area contributed by atoms with Crippen LogP contribution in [0.2, 0.25) is 0 Å². The smallest absolute Gasteiger partial charge is 0.420 e. The molecule has 0 N–H and O–H groups in total. The lowest BCUT2D eigenvalue weighted by molar-refractivity contribution is -0.142. The van der Waals surface area contributed by atoms with Gasteiger partial charge in [0.25, 0.3) is 0 Å². The Morgan fingerprint density at radius 3 is 2.05 bits per heavy atom. The van der Waals surface area contributed by atoms with Crippen molar-refractivity contribution in [2.24, 2.45) is 0 Å². The zero-order valence-electron chi connectivity index (χ0n) is 10.9. The number of hydrogen-bond donors (Lipinski definition) is 0. The Bertz CT molecular complexity index is 533. The maximum absolute atomic E-state index is 13.0. The third kappa shape index (κ3) is 3.79. The van der Waals surface area contributed by atoms with Gasteiger partial charge in [-0.15, -0.1) is 0 Å². The number of benzene rings is 1. The van der Waals surface area contributed by atoms with Crippen LogP contribution in [0.25, 0.3) is 0 Å². The van der Waals surface area contributed by atoms with Crippen molar-refractivity contribution in [1.29, 1.82) is 0 Å². The third-order valence-corrected chi connectivity index (χ3v) is 2.43. The molecule has 0 radical (unpaired) electrons. The van der Waals surface area contributed by atoms with Crippen LogP contribution in [0, 0.1) is 0 Å².